The Balaban J connectivity index is 2.65. The molecule has 6 atom stereocenters. The van der Waals surface area contributed by atoms with Crippen LogP contribution in [0.5, 0.6) is 0 Å². The lowest BCUT2D eigenvalue weighted by molar-refractivity contribution is -0.142. The molecule has 9 N–H and O–H groups in total. The molecule has 1 saturated heterocycles. The molecule has 0 bridgehead atoms. The minimum absolute atomic E-state index is 0.241. The van der Waals surface area contributed by atoms with Gasteiger partial charge in [-0.2, -0.15) is 0 Å². The van der Waals surface area contributed by atoms with Crippen LogP contribution in [0, 0.1) is 11.8 Å². The minimum Gasteiger partial charge on any atom is -0.480 e. The molecule has 0 saturated carbocycles. The third-order valence-corrected chi connectivity index (χ3v) is 7.32. The summed E-state index contributed by atoms with van der Waals surface area (Å²) in [6.45, 7) is 8.56. The molecule has 0 radical (unpaired) electrons. The molecule has 1 aliphatic heterocycles. The fraction of sp³-hybridized carbons (Fsp3) is 0.714. The highest BCUT2D eigenvalue weighted by atomic mass is 16.4. The zero-order valence-corrected chi connectivity index (χ0v) is 26.7. The number of aliphatic carboxylic acids is 1. The summed E-state index contributed by atoms with van der Waals surface area (Å²) in [7, 11) is 0. The van der Waals surface area contributed by atoms with Gasteiger partial charge in [0, 0.05) is 6.54 Å². The molecule has 6 unspecified atom stereocenters. The molecule has 0 aromatic carbocycles. The van der Waals surface area contributed by atoms with E-state index in [2.05, 4.69) is 31.9 Å². The van der Waals surface area contributed by atoms with Crippen LogP contribution in [0.3, 0.4) is 0 Å². The molecule has 0 aromatic rings. The quantitative estimate of drug-likeness (QED) is 0.0796. The van der Waals surface area contributed by atoms with E-state index in [9.17, 15) is 38.4 Å². The summed E-state index contributed by atoms with van der Waals surface area (Å²) in [6, 6.07) is -4.69. The Hall–Kier alpha value is -4.28. The molecule has 17 heteroatoms. The number of nitrogens with zero attached hydrogens (tertiary/aromatic N) is 1. The summed E-state index contributed by atoms with van der Waals surface area (Å²) < 4.78 is 0. The predicted molar refractivity (Wildman–Crippen MR) is 161 cm³/mol. The van der Waals surface area contributed by atoms with Crippen molar-refractivity contribution < 1.29 is 43.5 Å². The van der Waals surface area contributed by atoms with E-state index in [0.29, 0.717) is 19.3 Å². The van der Waals surface area contributed by atoms with Crippen molar-refractivity contribution >= 4 is 47.3 Å². The smallest absolute Gasteiger partial charge is 0.322 e. The van der Waals surface area contributed by atoms with Crippen LogP contribution in [0.4, 0.5) is 0 Å². The fourth-order valence-corrected chi connectivity index (χ4v) is 4.49. The second-order valence-electron chi connectivity index (χ2n) is 11.5. The molecule has 17 nitrogen and oxygen atoms in total. The second-order valence-corrected chi connectivity index (χ2v) is 11.5. The summed E-state index contributed by atoms with van der Waals surface area (Å²) in [5, 5.41) is 23.5. The van der Waals surface area contributed by atoms with Crippen LogP contribution in [-0.4, -0.2) is 114 Å². The Morgan fingerprint density at radius 3 is 1.84 bits per heavy atom. The highest BCUT2D eigenvalue weighted by Crippen LogP contribution is 2.18. The van der Waals surface area contributed by atoms with Gasteiger partial charge in [0.25, 0.3) is 0 Å². The maximum atomic E-state index is 12.9. The summed E-state index contributed by atoms with van der Waals surface area (Å²) in [5.74, 6) is -6.13. The van der Waals surface area contributed by atoms with E-state index < -0.39 is 103 Å². The van der Waals surface area contributed by atoms with Gasteiger partial charge in [0.05, 0.1) is 19.1 Å². The van der Waals surface area contributed by atoms with Crippen molar-refractivity contribution in [1.29, 1.82) is 0 Å². The summed E-state index contributed by atoms with van der Waals surface area (Å²) in [5.41, 5.74) is 5.58. The zero-order valence-electron chi connectivity index (χ0n) is 26.7. The van der Waals surface area contributed by atoms with E-state index in [1.54, 1.807) is 20.8 Å². The number of rotatable bonds is 17. The number of hydrogen-bond donors (Lipinski definition) is 8. The Morgan fingerprint density at radius 2 is 1.33 bits per heavy atom. The monoisotopic (exact) mass is 640 g/mol. The van der Waals surface area contributed by atoms with Crippen LogP contribution in [0.25, 0.3) is 0 Å². The molecule has 7 amide bonds. The number of nitrogens with two attached hydrogens (primary N) is 1. The third-order valence-electron chi connectivity index (χ3n) is 7.32. The average Bonchev–Trinajstić information content (AvgIpc) is 3.47. The van der Waals surface area contributed by atoms with Gasteiger partial charge in [-0.05, 0) is 38.5 Å². The number of carbonyl (C=O) groups is 8. The van der Waals surface area contributed by atoms with Gasteiger partial charge in [-0.1, -0.05) is 34.1 Å². The number of carbonyl (C=O) groups excluding carboxylic acids is 7. The normalized spacial score (nSPS) is 17.6. The van der Waals surface area contributed by atoms with E-state index in [0.717, 1.165) is 0 Å². The van der Waals surface area contributed by atoms with Gasteiger partial charge in [-0.3, -0.25) is 38.4 Å². The van der Waals surface area contributed by atoms with E-state index in [4.69, 9.17) is 10.8 Å². The van der Waals surface area contributed by atoms with E-state index in [1.165, 1.54) is 18.7 Å². The van der Waals surface area contributed by atoms with Crippen LogP contribution in [0.1, 0.15) is 60.8 Å². The molecule has 0 aromatic heterocycles. The SMILES string of the molecule is CCC(C)C(NC(=O)C(C)N)C(=O)NCC(=O)NC(C(=O)NCC(=O)NC(C)C(=O)N1CCCC1C(=O)NCC(=O)O)C(C)C. The van der Waals surface area contributed by atoms with Crippen molar-refractivity contribution in [3.05, 3.63) is 0 Å². The first-order valence-corrected chi connectivity index (χ1v) is 15.0. The van der Waals surface area contributed by atoms with Crippen molar-refractivity contribution in [3.8, 4) is 0 Å². The minimum atomic E-state index is -1.22. The van der Waals surface area contributed by atoms with Crippen LogP contribution in [0.2, 0.25) is 0 Å². The molecule has 45 heavy (non-hydrogen) atoms. The second kappa shape index (κ2) is 18.5. The van der Waals surface area contributed by atoms with Gasteiger partial charge >= 0.3 is 5.97 Å². The fourth-order valence-electron chi connectivity index (χ4n) is 4.49. The van der Waals surface area contributed by atoms with Crippen LogP contribution < -0.4 is 37.6 Å². The Kier molecular flexibility index (Phi) is 15.9. The van der Waals surface area contributed by atoms with Crippen molar-refractivity contribution in [1.82, 2.24) is 36.8 Å². The van der Waals surface area contributed by atoms with Gasteiger partial charge in [0.2, 0.25) is 41.4 Å². The maximum Gasteiger partial charge on any atom is 0.322 e. The molecule has 0 aliphatic carbocycles. The van der Waals surface area contributed by atoms with Gasteiger partial charge in [-0.15, -0.1) is 0 Å². The number of nitrogens with one attached hydrogen (secondary N) is 6. The van der Waals surface area contributed by atoms with E-state index in [1.807, 2.05) is 6.92 Å². The maximum absolute atomic E-state index is 12.9. The van der Waals surface area contributed by atoms with Crippen LogP contribution in [0.15, 0.2) is 0 Å². The number of amides is 7. The third kappa shape index (κ3) is 12.7. The highest BCUT2D eigenvalue weighted by Gasteiger charge is 2.36. The van der Waals surface area contributed by atoms with Crippen molar-refractivity contribution in [2.24, 2.45) is 17.6 Å². The van der Waals surface area contributed by atoms with Gasteiger partial charge in [-0.25, -0.2) is 0 Å². The van der Waals surface area contributed by atoms with Crippen molar-refractivity contribution in [2.45, 2.75) is 91.0 Å². The first-order valence-electron chi connectivity index (χ1n) is 15.0. The Bertz CT molecular complexity index is 1110. The molecule has 1 heterocycles. The number of likely N-dealkylation sites (tertiary alicyclic amines) is 1. The van der Waals surface area contributed by atoms with Crippen LogP contribution >= 0.6 is 0 Å². The van der Waals surface area contributed by atoms with E-state index in [-0.39, 0.29) is 12.5 Å². The highest BCUT2D eigenvalue weighted by molar-refractivity contribution is 5.96. The molecule has 1 fully saturated rings. The molecular weight excluding hydrogens is 592 g/mol. The van der Waals surface area contributed by atoms with Gasteiger partial charge in [0.1, 0.15) is 30.7 Å². The van der Waals surface area contributed by atoms with Gasteiger partial charge in [0.15, 0.2) is 0 Å². The summed E-state index contributed by atoms with van der Waals surface area (Å²) in [6.07, 6.45) is 1.45. The Labute approximate surface area is 262 Å². The molecule has 1 rings (SSSR count). The lowest BCUT2D eigenvalue weighted by atomic mass is 9.98. The van der Waals surface area contributed by atoms with Crippen molar-refractivity contribution in [3.63, 3.8) is 0 Å². The molecule has 1 aliphatic rings. The first kappa shape index (κ1) is 38.7. The molecule has 254 valence electrons. The van der Waals surface area contributed by atoms with Crippen molar-refractivity contribution in [2.75, 3.05) is 26.2 Å². The molecule has 0 spiro atoms. The number of hydrogen-bond acceptors (Lipinski definition) is 9. The number of carboxylic acids is 1. The zero-order chi connectivity index (χ0) is 34.4. The number of carboxylic acid groups (broad SMARTS) is 1. The standard InChI is InChI=1S/C28H48N8O9/c1-7-15(4)23(35-24(41)16(5)29)27(44)31-12-20(38)34-22(14(2)3)26(43)30-11-19(37)33-17(6)28(45)36-10-8-9-18(36)25(42)32-13-21(39)40/h14-18,22-23H,7-13,29H2,1-6H3,(H,30,43)(H,31,44)(H,32,42)(H,33,37)(H,34,38)(H,35,41)(H,39,40). The lowest BCUT2D eigenvalue weighted by Crippen LogP contribution is -2.57. The van der Waals surface area contributed by atoms with Crippen LogP contribution in [-0.2, 0) is 38.4 Å². The molecular formula is C28H48N8O9. The first-order chi connectivity index (χ1) is 21.0. The predicted octanol–water partition coefficient (Wildman–Crippen LogP) is -3.07. The summed E-state index contributed by atoms with van der Waals surface area (Å²) >= 11 is 0. The Morgan fingerprint density at radius 1 is 0.778 bits per heavy atom. The largest absolute Gasteiger partial charge is 0.480 e. The van der Waals surface area contributed by atoms with E-state index >= 15 is 0 Å². The van der Waals surface area contributed by atoms with Gasteiger partial charge < -0.3 is 47.6 Å². The summed E-state index contributed by atoms with van der Waals surface area (Å²) in [4.78, 5) is 99.9. The topological polar surface area (TPSA) is 258 Å². The lowest BCUT2D eigenvalue weighted by Gasteiger charge is -2.27. The average molecular weight is 641 g/mol.